The molecule has 0 spiro atoms. The van der Waals surface area contributed by atoms with Crippen molar-refractivity contribution in [3.8, 4) is 0 Å². The number of fused-ring (bicyclic) bond motifs is 5. The molecule has 0 N–H and O–H groups in total. The van der Waals surface area contributed by atoms with Crippen molar-refractivity contribution in [2.24, 2.45) is 46.3 Å². The molecule has 4 aliphatic carbocycles. The van der Waals surface area contributed by atoms with Gasteiger partial charge in [-0.1, -0.05) is 144 Å². The zero-order valence-electron chi connectivity index (χ0n) is 29.5. The highest BCUT2D eigenvalue weighted by atomic mass is 14.6. The summed E-state index contributed by atoms with van der Waals surface area (Å²) >= 11 is 0. The molecular formula is C40H74. The smallest absolute Gasteiger partial charge is 0.00851 e. The van der Waals surface area contributed by atoms with Gasteiger partial charge in [0.2, 0.25) is 0 Å². The lowest BCUT2D eigenvalue weighted by Gasteiger charge is -2.57. The Labute approximate surface area is 254 Å². The molecule has 234 valence electrons. The van der Waals surface area contributed by atoms with Gasteiger partial charge >= 0.3 is 0 Å². The van der Waals surface area contributed by atoms with Crippen LogP contribution in [0.1, 0.15) is 172 Å². The van der Waals surface area contributed by atoms with E-state index in [1.165, 1.54) is 95.5 Å². The van der Waals surface area contributed by atoms with E-state index >= 15 is 0 Å². The van der Waals surface area contributed by atoms with Gasteiger partial charge < -0.3 is 0 Å². The number of rotatable bonds is 8. The van der Waals surface area contributed by atoms with E-state index in [0.29, 0.717) is 10.8 Å². The molecule has 4 rings (SSSR count). The van der Waals surface area contributed by atoms with Crippen LogP contribution >= 0.6 is 0 Å². The van der Waals surface area contributed by atoms with Crippen molar-refractivity contribution >= 4 is 0 Å². The van der Waals surface area contributed by atoms with Crippen LogP contribution in [0.25, 0.3) is 0 Å². The van der Waals surface area contributed by atoms with Crippen LogP contribution in [0.15, 0.2) is 36.0 Å². The Morgan fingerprint density at radius 1 is 0.950 bits per heavy atom. The molecule has 0 aliphatic heterocycles. The van der Waals surface area contributed by atoms with Gasteiger partial charge in [0.25, 0.3) is 0 Å². The van der Waals surface area contributed by atoms with Gasteiger partial charge in [-0.3, -0.25) is 0 Å². The standard InChI is InChI=1S/C20H32.C9H20.C9H16.C2H6/c1-14-8-12-20(3)15(13-14)6-7-16-17-5-4-10-19(17,2)11-9-18(16)20;1-8(2)6-5-7-9(3)4;1-4-7-8-9(5-2)6-3;1-2/h6,14,16-18H,4-5,7-13H2,1-3H3;8-9H,5-7H2,1-4H3;5,8H,2,4,6-7H2,1,3H3;1-2H3/b;;9-8+;. The quantitative estimate of drug-likeness (QED) is 0.207. The molecule has 0 nitrogen and oxygen atoms in total. The lowest BCUT2D eigenvalue weighted by atomic mass is 9.48. The average molecular weight is 555 g/mol. The van der Waals surface area contributed by atoms with Crippen molar-refractivity contribution in [3.05, 3.63) is 36.0 Å². The first-order valence-electron chi connectivity index (χ1n) is 18.0. The summed E-state index contributed by atoms with van der Waals surface area (Å²) in [5.74, 6) is 5.82. The largest absolute Gasteiger partial charge is 0.0988 e. The maximum atomic E-state index is 3.72. The van der Waals surface area contributed by atoms with Gasteiger partial charge in [0.15, 0.2) is 0 Å². The van der Waals surface area contributed by atoms with E-state index in [-0.39, 0.29) is 0 Å². The minimum Gasteiger partial charge on any atom is -0.0988 e. The SMILES string of the molecule is C=C/C(=C\CCC)CC.CC.CC(C)CCCC(C)C.CC1CCC2(C)C(=CCC3C4CCCC4(C)CCC32)C1. The molecule has 0 aromatic heterocycles. The molecular weight excluding hydrogens is 480 g/mol. The van der Waals surface area contributed by atoms with Crippen molar-refractivity contribution in [2.75, 3.05) is 0 Å². The second-order valence-corrected chi connectivity index (χ2v) is 15.0. The maximum absolute atomic E-state index is 3.72. The van der Waals surface area contributed by atoms with Gasteiger partial charge in [-0.15, -0.1) is 0 Å². The molecule has 4 aliphatic rings. The third-order valence-electron chi connectivity index (χ3n) is 11.1. The van der Waals surface area contributed by atoms with Crippen molar-refractivity contribution in [2.45, 2.75) is 172 Å². The van der Waals surface area contributed by atoms with E-state index in [1.54, 1.807) is 0 Å². The summed E-state index contributed by atoms with van der Waals surface area (Å²) in [5, 5.41) is 0. The fourth-order valence-corrected chi connectivity index (χ4v) is 8.47. The average Bonchev–Trinajstić information content (AvgIpc) is 3.33. The van der Waals surface area contributed by atoms with Crippen LogP contribution in [-0.4, -0.2) is 0 Å². The van der Waals surface area contributed by atoms with Crippen molar-refractivity contribution in [1.29, 1.82) is 0 Å². The highest BCUT2D eigenvalue weighted by molar-refractivity contribution is 5.24. The van der Waals surface area contributed by atoms with Crippen LogP contribution in [0.4, 0.5) is 0 Å². The highest BCUT2D eigenvalue weighted by Crippen LogP contribution is 2.65. The van der Waals surface area contributed by atoms with E-state index in [2.05, 4.69) is 81.0 Å². The molecule has 3 saturated carbocycles. The number of hydrogen-bond donors (Lipinski definition) is 0. The summed E-state index contributed by atoms with van der Waals surface area (Å²) in [6, 6.07) is 0. The first-order chi connectivity index (χ1) is 19.0. The summed E-state index contributed by atoms with van der Waals surface area (Å²) in [4.78, 5) is 0. The number of unbranched alkanes of at least 4 members (excludes halogenated alkanes) is 1. The second-order valence-electron chi connectivity index (χ2n) is 15.0. The van der Waals surface area contributed by atoms with Crippen LogP contribution in [-0.2, 0) is 0 Å². The third kappa shape index (κ3) is 10.8. The van der Waals surface area contributed by atoms with Gasteiger partial charge in [0.1, 0.15) is 0 Å². The van der Waals surface area contributed by atoms with Crippen LogP contribution < -0.4 is 0 Å². The van der Waals surface area contributed by atoms with Crippen molar-refractivity contribution < 1.29 is 0 Å². The van der Waals surface area contributed by atoms with Crippen LogP contribution in [0, 0.1) is 46.3 Å². The Kier molecular flexibility index (Phi) is 17.4. The van der Waals surface area contributed by atoms with Crippen LogP contribution in [0.2, 0.25) is 0 Å². The molecule has 0 radical (unpaired) electrons. The zero-order chi connectivity index (χ0) is 30.3. The summed E-state index contributed by atoms with van der Waals surface area (Å²) in [5.41, 5.74) is 4.53. The van der Waals surface area contributed by atoms with E-state index in [9.17, 15) is 0 Å². The monoisotopic (exact) mass is 555 g/mol. The fourth-order valence-electron chi connectivity index (χ4n) is 8.47. The molecule has 3 fully saturated rings. The Morgan fingerprint density at radius 3 is 2.15 bits per heavy atom. The molecule has 0 heteroatoms. The summed E-state index contributed by atoms with van der Waals surface area (Å²) < 4.78 is 0. The summed E-state index contributed by atoms with van der Waals surface area (Å²) in [6.07, 6.45) is 28.0. The minimum absolute atomic E-state index is 0.583. The molecule has 0 amide bonds. The predicted molar refractivity (Wildman–Crippen MR) is 184 cm³/mol. The zero-order valence-corrected chi connectivity index (χ0v) is 29.5. The summed E-state index contributed by atoms with van der Waals surface area (Å²) in [6.45, 7) is 28.9. The maximum Gasteiger partial charge on any atom is -0.00851 e. The fraction of sp³-hybridized carbons (Fsp3) is 0.850. The Morgan fingerprint density at radius 2 is 1.60 bits per heavy atom. The molecule has 6 unspecified atom stereocenters. The first-order valence-corrected chi connectivity index (χ1v) is 18.0. The molecule has 0 saturated heterocycles. The highest BCUT2D eigenvalue weighted by Gasteiger charge is 2.55. The summed E-state index contributed by atoms with van der Waals surface area (Å²) in [7, 11) is 0. The van der Waals surface area contributed by atoms with Crippen molar-refractivity contribution in [3.63, 3.8) is 0 Å². The van der Waals surface area contributed by atoms with Gasteiger partial charge in [-0.2, -0.15) is 0 Å². The number of hydrogen-bond acceptors (Lipinski definition) is 0. The Bertz CT molecular complexity index is 742. The Hall–Kier alpha value is -0.780. The molecule has 40 heavy (non-hydrogen) atoms. The minimum atomic E-state index is 0.583. The van der Waals surface area contributed by atoms with Crippen molar-refractivity contribution in [1.82, 2.24) is 0 Å². The van der Waals surface area contributed by atoms with E-state index in [0.717, 1.165) is 41.9 Å². The Balaban J connectivity index is 0.000000338. The van der Waals surface area contributed by atoms with E-state index in [4.69, 9.17) is 0 Å². The molecule has 0 aromatic rings. The lowest BCUT2D eigenvalue weighted by molar-refractivity contribution is -0.0281. The first kappa shape index (κ1) is 37.2. The van der Waals surface area contributed by atoms with Gasteiger partial charge in [0, 0.05) is 0 Å². The molecule has 0 aromatic carbocycles. The van der Waals surface area contributed by atoms with Crippen LogP contribution in [0.5, 0.6) is 0 Å². The van der Waals surface area contributed by atoms with E-state index in [1.807, 2.05) is 25.5 Å². The second kappa shape index (κ2) is 18.7. The molecule has 0 heterocycles. The van der Waals surface area contributed by atoms with Gasteiger partial charge in [-0.05, 0) is 111 Å². The predicted octanol–water partition coefficient (Wildman–Crippen LogP) is 13.8. The topological polar surface area (TPSA) is 0 Å². The van der Waals surface area contributed by atoms with Crippen LogP contribution in [0.3, 0.4) is 0 Å². The van der Waals surface area contributed by atoms with Gasteiger partial charge in [0.05, 0.1) is 0 Å². The molecule has 6 atom stereocenters. The normalized spacial score (nSPS) is 32.6. The number of allylic oxidation sites excluding steroid dienone is 5. The third-order valence-corrected chi connectivity index (χ3v) is 11.1. The molecule has 0 bridgehead atoms. The van der Waals surface area contributed by atoms with E-state index < -0.39 is 0 Å². The van der Waals surface area contributed by atoms with Gasteiger partial charge in [-0.25, -0.2) is 0 Å². The lowest BCUT2D eigenvalue weighted by Crippen LogP contribution is -2.48.